The molecule has 11 heteroatoms. The summed E-state index contributed by atoms with van der Waals surface area (Å²) >= 11 is 3.28. The first-order valence-electron chi connectivity index (χ1n) is 17.9. The van der Waals surface area contributed by atoms with E-state index in [-0.39, 0.29) is 11.2 Å². The zero-order chi connectivity index (χ0) is 38.4. The molecular formula is C42H53NO7S2Si. The number of amides is 1. The zero-order valence-electron chi connectivity index (χ0n) is 31.7. The third kappa shape index (κ3) is 10.6. The van der Waals surface area contributed by atoms with Gasteiger partial charge in [0.05, 0.1) is 23.9 Å². The van der Waals surface area contributed by atoms with Crippen LogP contribution < -0.4 is 20.4 Å². The molecule has 0 unspecified atom stereocenters. The van der Waals surface area contributed by atoms with Gasteiger partial charge in [-0.15, -0.1) is 23.5 Å². The van der Waals surface area contributed by atoms with Crippen LogP contribution in [0.25, 0.3) is 0 Å². The number of ether oxygens (including phenoxy) is 3. The number of thioether (sulfide) groups is 2. The Morgan fingerprint density at radius 3 is 1.74 bits per heavy atom. The Morgan fingerprint density at radius 1 is 0.774 bits per heavy atom. The molecule has 0 radical (unpaired) electrons. The summed E-state index contributed by atoms with van der Waals surface area (Å²) in [7, 11) is -0.273. The van der Waals surface area contributed by atoms with Gasteiger partial charge in [-0.05, 0) is 56.7 Å². The average molecular weight is 776 g/mol. The van der Waals surface area contributed by atoms with Crippen LogP contribution in [0.3, 0.4) is 0 Å². The lowest BCUT2D eigenvalue weighted by atomic mass is 10.0. The predicted octanol–water partition coefficient (Wildman–Crippen LogP) is 6.69. The Bertz CT molecular complexity index is 1650. The number of aliphatic hydroxyl groups is 1. The van der Waals surface area contributed by atoms with Gasteiger partial charge in [-0.1, -0.05) is 126 Å². The lowest BCUT2D eigenvalue weighted by molar-refractivity contribution is -0.149. The van der Waals surface area contributed by atoms with Crippen molar-refractivity contribution in [1.29, 1.82) is 0 Å². The molecule has 8 nitrogen and oxygen atoms in total. The maximum Gasteiger partial charge on any atom is 0.338 e. The number of carbonyl (C=O) groups excluding carboxylic acids is 2. The number of carbonyl (C=O) groups is 2. The summed E-state index contributed by atoms with van der Waals surface area (Å²) in [4.78, 5) is 28.1. The first kappa shape index (κ1) is 42.2. The second kappa shape index (κ2) is 20.2. The number of likely N-dealkylation sites (N-methyl/N-ethyl adjacent to an activating group) is 1. The molecule has 0 spiro atoms. The standard InChI is InChI=1S/C42H53NO7S2Si/c1-8-51-41(52-9-2)38(48-29-30-25-27-32(47-7)28-26-30)36(49-40(46)31-19-13-10-14-20-31)35(44)37(39(45)43-6)50-53(42(3,4)5,33-21-15-11-16-22-33)34-23-17-12-18-24-34/h10-28,35-38,41,44H,8-9,29H2,1-7H3,(H,43,45)/t35-,36-,37+,38+/m0/s1. The van der Waals surface area contributed by atoms with E-state index in [2.05, 4.69) is 39.9 Å². The summed E-state index contributed by atoms with van der Waals surface area (Å²) in [6.07, 6.45) is -5.26. The number of methoxy groups -OCH3 is 1. The Balaban J connectivity index is 1.90. The molecule has 2 N–H and O–H groups in total. The molecule has 0 aliphatic heterocycles. The minimum atomic E-state index is -3.40. The van der Waals surface area contributed by atoms with E-state index in [1.807, 2.05) is 91.0 Å². The van der Waals surface area contributed by atoms with Crippen LogP contribution in [0.2, 0.25) is 5.04 Å². The largest absolute Gasteiger partial charge is 0.497 e. The highest BCUT2D eigenvalue weighted by Gasteiger charge is 2.55. The van der Waals surface area contributed by atoms with Crippen molar-refractivity contribution < 1.29 is 33.3 Å². The van der Waals surface area contributed by atoms with Crippen molar-refractivity contribution in [3.63, 3.8) is 0 Å². The van der Waals surface area contributed by atoms with E-state index in [0.29, 0.717) is 11.3 Å². The van der Waals surface area contributed by atoms with Crippen LogP contribution >= 0.6 is 23.5 Å². The number of hydrogen-bond acceptors (Lipinski definition) is 9. The van der Waals surface area contributed by atoms with Crippen LogP contribution in [-0.2, 0) is 25.3 Å². The van der Waals surface area contributed by atoms with Crippen LogP contribution in [0.1, 0.15) is 50.5 Å². The molecule has 4 aromatic carbocycles. The Labute approximate surface area is 324 Å². The molecule has 0 aliphatic rings. The van der Waals surface area contributed by atoms with E-state index in [4.69, 9.17) is 18.6 Å². The van der Waals surface area contributed by atoms with Crippen molar-refractivity contribution in [2.24, 2.45) is 0 Å². The topological polar surface area (TPSA) is 103 Å². The maximum absolute atomic E-state index is 14.2. The Hall–Kier alpha value is -3.58. The number of benzene rings is 4. The third-order valence-corrected chi connectivity index (χ3v) is 16.7. The second-order valence-corrected chi connectivity index (χ2v) is 20.8. The highest BCUT2D eigenvalue weighted by molar-refractivity contribution is 8.17. The van der Waals surface area contributed by atoms with Gasteiger partial charge < -0.3 is 29.1 Å². The van der Waals surface area contributed by atoms with E-state index >= 15 is 0 Å². The van der Waals surface area contributed by atoms with Gasteiger partial charge in [0.2, 0.25) is 0 Å². The van der Waals surface area contributed by atoms with Gasteiger partial charge >= 0.3 is 5.97 Å². The van der Waals surface area contributed by atoms with E-state index < -0.39 is 49.6 Å². The number of esters is 1. The fraction of sp³-hybridized carbons (Fsp3) is 0.381. The van der Waals surface area contributed by atoms with Crippen LogP contribution in [0.4, 0.5) is 0 Å². The van der Waals surface area contributed by atoms with Gasteiger partial charge in [0.1, 0.15) is 18.0 Å². The van der Waals surface area contributed by atoms with Crippen molar-refractivity contribution in [3.8, 4) is 5.75 Å². The van der Waals surface area contributed by atoms with Gasteiger partial charge in [-0.3, -0.25) is 4.79 Å². The maximum atomic E-state index is 14.2. The minimum Gasteiger partial charge on any atom is -0.497 e. The molecule has 0 heterocycles. The zero-order valence-corrected chi connectivity index (χ0v) is 34.3. The predicted molar refractivity (Wildman–Crippen MR) is 220 cm³/mol. The quantitative estimate of drug-likeness (QED) is 0.0613. The lowest BCUT2D eigenvalue weighted by Gasteiger charge is -2.46. The number of nitrogens with one attached hydrogen (secondary N) is 1. The smallest absolute Gasteiger partial charge is 0.338 e. The van der Waals surface area contributed by atoms with E-state index in [1.165, 1.54) is 7.05 Å². The van der Waals surface area contributed by atoms with Gasteiger partial charge in [-0.2, -0.15) is 0 Å². The van der Waals surface area contributed by atoms with Gasteiger partial charge in [0.15, 0.2) is 12.2 Å². The molecule has 1 amide bonds. The van der Waals surface area contributed by atoms with Gasteiger partial charge in [-0.25, -0.2) is 4.79 Å². The van der Waals surface area contributed by atoms with Crippen LogP contribution in [0, 0.1) is 0 Å². The van der Waals surface area contributed by atoms with Crippen LogP contribution in [-0.4, -0.2) is 80.0 Å². The Kier molecular flexibility index (Phi) is 16.1. The molecule has 0 saturated carbocycles. The first-order valence-corrected chi connectivity index (χ1v) is 21.9. The molecule has 53 heavy (non-hydrogen) atoms. The highest BCUT2D eigenvalue weighted by atomic mass is 32.2. The SMILES string of the molecule is CCSC(SCC)[C@H](OCc1ccc(OC)cc1)[C@@H](OC(=O)c1ccccc1)[C@H](O)[C@@H](O[Si](c1ccccc1)(c1ccccc1)C(C)(C)C)C(=O)NC. The van der Waals surface area contributed by atoms with E-state index in [0.717, 1.165) is 27.4 Å². The number of rotatable bonds is 19. The fourth-order valence-electron chi connectivity index (χ4n) is 6.38. The van der Waals surface area contributed by atoms with Gasteiger partial charge in [0.25, 0.3) is 14.2 Å². The Morgan fingerprint density at radius 2 is 1.28 bits per heavy atom. The summed E-state index contributed by atoms with van der Waals surface area (Å²) in [5, 5.41) is 16.9. The summed E-state index contributed by atoms with van der Waals surface area (Å²) in [6.45, 7) is 10.6. The molecule has 284 valence electrons. The molecular weight excluding hydrogens is 723 g/mol. The summed E-state index contributed by atoms with van der Waals surface area (Å²) in [6, 6.07) is 36.0. The van der Waals surface area contributed by atoms with Gasteiger partial charge in [0, 0.05) is 7.05 Å². The van der Waals surface area contributed by atoms with Crippen LogP contribution in [0.15, 0.2) is 115 Å². The number of aliphatic hydroxyl groups excluding tert-OH is 1. The molecule has 0 aliphatic carbocycles. The third-order valence-electron chi connectivity index (χ3n) is 8.98. The minimum absolute atomic E-state index is 0.159. The molecule has 0 fully saturated rings. The van der Waals surface area contributed by atoms with Crippen molar-refractivity contribution in [3.05, 3.63) is 126 Å². The molecule has 0 aromatic heterocycles. The molecule has 4 atom stereocenters. The molecule has 0 saturated heterocycles. The summed E-state index contributed by atoms with van der Waals surface area (Å²) in [5.74, 6) is 1.02. The monoisotopic (exact) mass is 775 g/mol. The van der Waals surface area contributed by atoms with E-state index in [9.17, 15) is 14.7 Å². The first-order chi connectivity index (χ1) is 25.5. The van der Waals surface area contributed by atoms with Crippen molar-refractivity contribution in [1.82, 2.24) is 5.32 Å². The van der Waals surface area contributed by atoms with Crippen molar-refractivity contribution >= 4 is 54.1 Å². The molecule has 0 bridgehead atoms. The van der Waals surface area contributed by atoms with Crippen molar-refractivity contribution in [2.45, 2.75) is 75.3 Å². The normalized spacial score (nSPS) is 14.2. The van der Waals surface area contributed by atoms with Crippen molar-refractivity contribution in [2.75, 3.05) is 25.7 Å². The highest BCUT2D eigenvalue weighted by Crippen LogP contribution is 2.39. The lowest BCUT2D eigenvalue weighted by Crippen LogP contribution is -2.70. The second-order valence-electron chi connectivity index (χ2n) is 13.4. The molecule has 4 rings (SSSR count). The number of hydrogen-bond donors (Lipinski definition) is 2. The van der Waals surface area contributed by atoms with Crippen LogP contribution in [0.5, 0.6) is 5.75 Å². The van der Waals surface area contributed by atoms with E-state index in [1.54, 1.807) is 54.9 Å². The summed E-state index contributed by atoms with van der Waals surface area (Å²) in [5.41, 5.74) is 1.18. The molecule has 4 aromatic rings. The fourth-order valence-corrected chi connectivity index (χ4v) is 13.7. The average Bonchev–Trinajstić information content (AvgIpc) is 3.18. The summed E-state index contributed by atoms with van der Waals surface area (Å²) < 4.78 is 25.4.